The molecule has 1 heterocycles. The van der Waals surface area contributed by atoms with Crippen molar-refractivity contribution in [2.45, 2.75) is 77.7 Å². The summed E-state index contributed by atoms with van der Waals surface area (Å²) in [7, 11) is 1.40. The molecule has 1 rings (SSSR count). The van der Waals surface area contributed by atoms with Gasteiger partial charge in [-0.15, -0.1) is 0 Å². The van der Waals surface area contributed by atoms with E-state index < -0.39 is 48.6 Å². The Balaban J connectivity index is 3.15. The second kappa shape index (κ2) is 9.58. The fraction of sp³-hybridized carbons (Fsp3) is 0.812. The molecule has 0 saturated carbocycles. The Hall–Kier alpha value is -1.67. The van der Waals surface area contributed by atoms with Crippen LogP contribution in [0.1, 0.15) is 47.0 Å². The van der Waals surface area contributed by atoms with E-state index in [1.807, 2.05) is 6.92 Å². The van der Waals surface area contributed by atoms with Gasteiger partial charge in [0.2, 0.25) is 0 Å². The number of carbonyl (C=O) groups is 3. The Bertz CT molecular complexity index is 449. The minimum atomic E-state index is -1.03. The van der Waals surface area contributed by atoms with Crippen LogP contribution in [0.3, 0.4) is 0 Å². The van der Waals surface area contributed by atoms with Crippen molar-refractivity contribution < 1.29 is 38.1 Å². The van der Waals surface area contributed by atoms with Crippen LogP contribution in [0.4, 0.5) is 0 Å². The quantitative estimate of drug-likeness (QED) is 0.503. The highest BCUT2D eigenvalue weighted by molar-refractivity contribution is 5.68. The molecule has 0 bridgehead atoms. The van der Waals surface area contributed by atoms with Crippen LogP contribution in [-0.4, -0.2) is 55.7 Å². The number of esters is 3. The lowest BCUT2D eigenvalue weighted by molar-refractivity contribution is -0.299. The van der Waals surface area contributed by atoms with Gasteiger partial charge >= 0.3 is 17.9 Å². The first kappa shape index (κ1) is 20.4. The van der Waals surface area contributed by atoms with Gasteiger partial charge in [0.05, 0.1) is 0 Å². The van der Waals surface area contributed by atoms with Gasteiger partial charge in [-0.3, -0.25) is 14.4 Å². The molecule has 0 amide bonds. The summed E-state index contributed by atoms with van der Waals surface area (Å²) in [4.78, 5) is 34.4. The first-order valence-corrected chi connectivity index (χ1v) is 8.00. The summed E-state index contributed by atoms with van der Waals surface area (Å²) in [5, 5.41) is 0. The summed E-state index contributed by atoms with van der Waals surface area (Å²) in [6, 6.07) is 0. The molecule has 0 spiro atoms. The molecule has 0 radical (unpaired) electrons. The second-order valence-corrected chi connectivity index (χ2v) is 5.64. The number of ether oxygens (including phenoxy) is 5. The van der Waals surface area contributed by atoms with Gasteiger partial charge < -0.3 is 23.7 Å². The van der Waals surface area contributed by atoms with Crippen LogP contribution in [0.25, 0.3) is 0 Å². The lowest BCUT2D eigenvalue weighted by Crippen LogP contribution is -2.61. The summed E-state index contributed by atoms with van der Waals surface area (Å²) in [6.45, 7) is 5.73. The van der Waals surface area contributed by atoms with Gasteiger partial charge in [0.15, 0.2) is 24.6 Å². The van der Waals surface area contributed by atoms with Crippen LogP contribution >= 0.6 is 0 Å². The molecule has 0 aromatic carbocycles. The highest BCUT2D eigenvalue weighted by Gasteiger charge is 2.51. The number of rotatable bonds is 7. The molecule has 1 aliphatic heterocycles. The number of methoxy groups -OCH3 is 1. The maximum atomic E-state index is 11.5. The molecular formula is C16H26O8. The van der Waals surface area contributed by atoms with Crippen molar-refractivity contribution in [3.63, 3.8) is 0 Å². The van der Waals surface area contributed by atoms with E-state index in [1.54, 1.807) is 0 Å². The van der Waals surface area contributed by atoms with Crippen molar-refractivity contribution in [1.82, 2.24) is 0 Å². The highest BCUT2D eigenvalue weighted by atomic mass is 16.7. The van der Waals surface area contributed by atoms with Gasteiger partial charge in [-0.1, -0.05) is 19.8 Å². The Kier molecular flexibility index (Phi) is 8.14. The van der Waals surface area contributed by atoms with Gasteiger partial charge in [0.1, 0.15) is 6.10 Å². The molecule has 0 aliphatic carbocycles. The third-order valence-corrected chi connectivity index (χ3v) is 3.57. The first-order valence-electron chi connectivity index (χ1n) is 8.00. The third-order valence-electron chi connectivity index (χ3n) is 3.57. The molecule has 1 aliphatic rings. The maximum Gasteiger partial charge on any atom is 0.303 e. The zero-order chi connectivity index (χ0) is 18.3. The van der Waals surface area contributed by atoms with E-state index in [4.69, 9.17) is 23.7 Å². The van der Waals surface area contributed by atoms with Gasteiger partial charge in [-0.05, 0) is 6.42 Å². The van der Waals surface area contributed by atoms with E-state index in [2.05, 4.69) is 0 Å². The Morgan fingerprint density at radius 3 is 1.83 bits per heavy atom. The molecule has 0 unspecified atom stereocenters. The molecule has 0 aromatic heterocycles. The van der Waals surface area contributed by atoms with Gasteiger partial charge in [0, 0.05) is 27.9 Å². The largest absolute Gasteiger partial charge is 0.456 e. The third kappa shape index (κ3) is 5.76. The van der Waals surface area contributed by atoms with Crippen LogP contribution in [0.2, 0.25) is 0 Å². The molecule has 0 N–H and O–H groups in total. The van der Waals surface area contributed by atoms with Crippen molar-refractivity contribution >= 4 is 17.9 Å². The smallest absolute Gasteiger partial charge is 0.303 e. The Labute approximate surface area is 141 Å². The lowest BCUT2D eigenvalue weighted by atomic mass is 9.94. The molecule has 8 heteroatoms. The standard InChI is InChI=1S/C16H26O8/c1-6-7-8-12-13(21-9(2)17)14(22-10(3)18)15(23-11(4)19)16(20-5)24-12/h12-16H,6-8H2,1-5H3/t12-,13+,14-,15+,16+/m0/s1. The molecule has 5 atom stereocenters. The lowest BCUT2D eigenvalue weighted by Gasteiger charge is -2.44. The van der Waals surface area contributed by atoms with E-state index in [1.165, 1.54) is 27.9 Å². The summed E-state index contributed by atoms with van der Waals surface area (Å²) >= 11 is 0. The van der Waals surface area contributed by atoms with E-state index in [9.17, 15) is 14.4 Å². The predicted octanol–water partition coefficient (Wildman–Crippen LogP) is 1.34. The number of hydrogen-bond donors (Lipinski definition) is 0. The highest BCUT2D eigenvalue weighted by Crippen LogP contribution is 2.31. The maximum absolute atomic E-state index is 11.5. The monoisotopic (exact) mass is 346 g/mol. The topological polar surface area (TPSA) is 97.4 Å². The summed E-state index contributed by atoms with van der Waals surface area (Å²) < 4.78 is 26.9. The van der Waals surface area contributed by atoms with Gasteiger partial charge in [0.25, 0.3) is 0 Å². The number of carbonyl (C=O) groups excluding carboxylic acids is 3. The summed E-state index contributed by atoms with van der Waals surface area (Å²) in [5.74, 6) is -1.71. The minimum absolute atomic E-state index is 0.532. The fourth-order valence-corrected chi connectivity index (χ4v) is 2.68. The SMILES string of the molecule is CCCC[C@@H]1O[C@@H](OC)[C@H](OC(C)=O)[C@@H](OC(C)=O)[C@@H]1OC(C)=O. The molecule has 1 fully saturated rings. The van der Waals surface area contributed by atoms with Crippen LogP contribution < -0.4 is 0 Å². The summed E-state index contributed by atoms with van der Waals surface area (Å²) in [6.07, 6.45) is -2.05. The van der Waals surface area contributed by atoms with Crippen molar-refractivity contribution in [2.24, 2.45) is 0 Å². The van der Waals surface area contributed by atoms with Crippen LogP contribution in [-0.2, 0) is 38.1 Å². The van der Waals surface area contributed by atoms with Crippen LogP contribution in [0.15, 0.2) is 0 Å². The fourth-order valence-electron chi connectivity index (χ4n) is 2.68. The van der Waals surface area contributed by atoms with Crippen molar-refractivity contribution in [1.29, 1.82) is 0 Å². The van der Waals surface area contributed by atoms with E-state index in [0.29, 0.717) is 6.42 Å². The van der Waals surface area contributed by atoms with Crippen molar-refractivity contribution in [3.05, 3.63) is 0 Å². The van der Waals surface area contributed by atoms with Crippen molar-refractivity contribution in [3.8, 4) is 0 Å². The van der Waals surface area contributed by atoms with Gasteiger partial charge in [-0.25, -0.2) is 0 Å². The molecular weight excluding hydrogens is 320 g/mol. The average Bonchev–Trinajstić information content (AvgIpc) is 2.48. The Morgan fingerprint density at radius 1 is 0.875 bits per heavy atom. The van der Waals surface area contributed by atoms with E-state index >= 15 is 0 Å². The minimum Gasteiger partial charge on any atom is -0.456 e. The van der Waals surface area contributed by atoms with Gasteiger partial charge in [-0.2, -0.15) is 0 Å². The first-order chi connectivity index (χ1) is 11.3. The Morgan fingerprint density at radius 2 is 1.38 bits per heavy atom. The molecule has 24 heavy (non-hydrogen) atoms. The van der Waals surface area contributed by atoms with E-state index in [-0.39, 0.29) is 0 Å². The zero-order valence-electron chi connectivity index (χ0n) is 14.8. The van der Waals surface area contributed by atoms with Crippen molar-refractivity contribution in [2.75, 3.05) is 7.11 Å². The predicted molar refractivity (Wildman–Crippen MR) is 81.9 cm³/mol. The average molecular weight is 346 g/mol. The zero-order valence-corrected chi connectivity index (χ0v) is 14.8. The molecule has 1 saturated heterocycles. The van der Waals surface area contributed by atoms with Crippen LogP contribution in [0.5, 0.6) is 0 Å². The number of hydrogen-bond acceptors (Lipinski definition) is 8. The molecule has 0 aromatic rings. The number of unbranched alkanes of at least 4 members (excludes halogenated alkanes) is 1. The summed E-state index contributed by atoms with van der Waals surface area (Å²) in [5.41, 5.74) is 0. The molecule has 138 valence electrons. The normalized spacial score (nSPS) is 29.6. The van der Waals surface area contributed by atoms with Crippen LogP contribution in [0, 0.1) is 0 Å². The van der Waals surface area contributed by atoms with E-state index in [0.717, 1.165) is 12.8 Å². The second-order valence-electron chi connectivity index (χ2n) is 5.64. The molecule has 8 nitrogen and oxygen atoms in total.